The summed E-state index contributed by atoms with van der Waals surface area (Å²) in [5, 5.41) is 4.67. The Balaban J connectivity index is 1.67. The zero-order valence-electron chi connectivity index (χ0n) is 11.5. The molecule has 1 unspecified atom stereocenters. The van der Waals surface area contributed by atoms with Crippen molar-refractivity contribution < 1.29 is 9.32 Å². The lowest BCUT2D eigenvalue weighted by Crippen LogP contribution is -2.35. The molecule has 1 aromatic heterocycles. The summed E-state index contributed by atoms with van der Waals surface area (Å²) >= 11 is 5.86. The highest BCUT2D eigenvalue weighted by Gasteiger charge is 2.21. The molecule has 5 nitrogen and oxygen atoms in total. The summed E-state index contributed by atoms with van der Waals surface area (Å²) in [4.78, 5) is 17.5. The van der Waals surface area contributed by atoms with Gasteiger partial charge in [-0.25, -0.2) is 0 Å². The molecule has 1 aromatic carbocycles. The Morgan fingerprint density at radius 1 is 1.38 bits per heavy atom. The molecule has 1 fully saturated rings. The summed E-state index contributed by atoms with van der Waals surface area (Å²) in [6.45, 7) is 2.32. The molecule has 0 N–H and O–H groups in total. The Bertz CT molecular complexity index is 612. The number of hydrogen-bond acceptors (Lipinski definition) is 5. The van der Waals surface area contributed by atoms with E-state index in [0.29, 0.717) is 23.3 Å². The number of piperidine rings is 1. The van der Waals surface area contributed by atoms with E-state index in [-0.39, 0.29) is 5.92 Å². The zero-order valence-corrected chi connectivity index (χ0v) is 12.3. The minimum absolute atomic E-state index is 0.123. The SMILES string of the molecule is O=CC1CCCN(Cc2nc(-c3ccc(Cl)cc3)no2)C1. The van der Waals surface area contributed by atoms with Crippen LogP contribution < -0.4 is 0 Å². The van der Waals surface area contributed by atoms with Gasteiger partial charge in [-0.3, -0.25) is 4.90 Å². The van der Waals surface area contributed by atoms with Gasteiger partial charge in [-0.15, -0.1) is 0 Å². The molecule has 6 heteroatoms. The second-order valence-electron chi connectivity index (χ2n) is 5.29. The van der Waals surface area contributed by atoms with Crippen LogP contribution in [0.4, 0.5) is 0 Å². The van der Waals surface area contributed by atoms with Crippen molar-refractivity contribution in [2.45, 2.75) is 19.4 Å². The van der Waals surface area contributed by atoms with Crippen molar-refractivity contribution in [3.63, 3.8) is 0 Å². The maximum atomic E-state index is 10.9. The standard InChI is InChI=1S/C15H16ClN3O2/c16-13-5-3-12(4-6-13)15-17-14(21-18-15)9-19-7-1-2-11(8-19)10-20/h3-6,10-11H,1-2,7-9H2. The fraction of sp³-hybridized carbons (Fsp3) is 0.400. The van der Waals surface area contributed by atoms with Crippen molar-refractivity contribution >= 4 is 17.9 Å². The molecule has 1 atom stereocenters. The number of aromatic nitrogens is 2. The molecule has 0 aliphatic carbocycles. The van der Waals surface area contributed by atoms with Crippen molar-refractivity contribution in [2.24, 2.45) is 5.92 Å². The van der Waals surface area contributed by atoms with Crippen LogP contribution in [-0.4, -0.2) is 34.4 Å². The first-order valence-electron chi connectivity index (χ1n) is 7.01. The Hall–Kier alpha value is -1.72. The first-order valence-corrected chi connectivity index (χ1v) is 7.38. The van der Waals surface area contributed by atoms with Crippen LogP contribution in [0, 0.1) is 5.92 Å². The lowest BCUT2D eigenvalue weighted by Gasteiger charge is -2.28. The Kier molecular flexibility index (Phi) is 4.31. The monoisotopic (exact) mass is 305 g/mol. The second kappa shape index (κ2) is 6.37. The number of carbonyl (C=O) groups excluding carboxylic acids is 1. The van der Waals surface area contributed by atoms with E-state index in [0.717, 1.165) is 37.8 Å². The lowest BCUT2D eigenvalue weighted by molar-refractivity contribution is -0.112. The summed E-state index contributed by atoms with van der Waals surface area (Å²) in [5.74, 6) is 1.26. The van der Waals surface area contributed by atoms with Crippen LogP contribution in [0.25, 0.3) is 11.4 Å². The number of carbonyl (C=O) groups is 1. The van der Waals surface area contributed by atoms with Gasteiger partial charge in [-0.1, -0.05) is 16.8 Å². The zero-order chi connectivity index (χ0) is 14.7. The molecule has 1 aliphatic rings. The van der Waals surface area contributed by atoms with Gasteiger partial charge in [-0.2, -0.15) is 4.98 Å². The van der Waals surface area contributed by atoms with Crippen molar-refractivity contribution in [3.05, 3.63) is 35.2 Å². The van der Waals surface area contributed by atoms with E-state index < -0.39 is 0 Å². The molecule has 21 heavy (non-hydrogen) atoms. The molecule has 0 saturated carbocycles. The van der Waals surface area contributed by atoms with Gasteiger partial charge in [0.1, 0.15) is 6.29 Å². The van der Waals surface area contributed by atoms with Crippen LogP contribution in [0.2, 0.25) is 5.02 Å². The van der Waals surface area contributed by atoms with Crippen molar-refractivity contribution in [1.82, 2.24) is 15.0 Å². The minimum atomic E-state index is 0.123. The molecule has 1 aliphatic heterocycles. The lowest BCUT2D eigenvalue weighted by atomic mass is 10.00. The number of benzene rings is 1. The maximum Gasteiger partial charge on any atom is 0.241 e. The summed E-state index contributed by atoms with van der Waals surface area (Å²) in [5.41, 5.74) is 0.874. The Morgan fingerprint density at radius 3 is 2.95 bits per heavy atom. The van der Waals surface area contributed by atoms with Crippen molar-refractivity contribution in [2.75, 3.05) is 13.1 Å². The predicted molar refractivity (Wildman–Crippen MR) is 78.8 cm³/mol. The van der Waals surface area contributed by atoms with Gasteiger partial charge < -0.3 is 9.32 Å². The highest BCUT2D eigenvalue weighted by molar-refractivity contribution is 6.30. The molecule has 3 rings (SSSR count). The first-order chi connectivity index (χ1) is 10.2. The molecule has 0 radical (unpaired) electrons. The molecule has 1 saturated heterocycles. The van der Waals surface area contributed by atoms with E-state index in [4.69, 9.17) is 16.1 Å². The van der Waals surface area contributed by atoms with Crippen LogP contribution in [0.3, 0.4) is 0 Å². The minimum Gasteiger partial charge on any atom is -0.338 e. The van der Waals surface area contributed by atoms with Crippen LogP contribution in [0.1, 0.15) is 18.7 Å². The predicted octanol–water partition coefficient (Wildman–Crippen LogP) is 2.80. The molecule has 2 heterocycles. The van der Waals surface area contributed by atoms with Crippen LogP contribution in [0.15, 0.2) is 28.8 Å². The third kappa shape index (κ3) is 3.49. The van der Waals surface area contributed by atoms with Gasteiger partial charge in [0.25, 0.3) is 0 Å². The summed E-state index contributed by atoms with van der Waals surface area (Å²) in [7, 11) is 0. The average Bonchev–Trinajstić information content (AvgIpc) is 2.96. The Labute approximate surface area is 127 Å². The summed E-state index contributed by atoms with van der Waals surface area (Å²) in [6.07, 6.45) is 3.04. The third-order valence-electron chi connectivity index (χ3n) is 3.66. The van der Waals surface area contributed by atoms with Gasteiger partial charge in [0.15, 0.2) is 0 Å². The molecular formula is C15H16ClN3O2. The van der Waals surface area contributed by atoms with Gasteiger partial charge >= 0.3 is 0 Å². The van der Waals surface area contributed by atoms with Crippen LogP contribution in [0.5, 0.6) is 0 Å². The molecular weight excluding hydrogens is 290 g/mol. The van der Waals surface area contributed by atoms with Crippen molar-refractivity contribution in [3.8, 4) is 11.4 Å². The molecule has 2 aromatic rings. The fourth-order valence-electron chi connectivity index (χ4n) is 2.57. The van der Waals surface area contributed by atoms with Gasteiger partial charge in [0.05, 0.1) is 6.54 Å². The van der Waals surface area contributed by atoms with E-state index in [1.807, 2.05) is 12.1 Å². The van der Waals surface area contributed by atoms with Gasteiger partial charge in [0, 0.05) is 23.0 Å². The second-order valence-corrected chi connectivity index (χ2v) is 5.73. The average molecular weight is 306 g/mol. The van der Waals surface area contributed by atoms with Gasteiger partial charge in [0.2, 0.25) is 11.7 Å². The normalized spacial score (nSPS) is 19.6. The number of nitrogens with zero attached hydrogens (tertiary/aromatic N) is 3. The number of hydrogen-bond donors (Lipinski definition) is 0. The van der Waals surface area contributed by atoms with Crippen LogP contribution >= 0.6 is 11.6 Å². The summed E-state index contributed by atoms with van der Waals surface area (Å²) < 4.78 is 5.30. The van der Waals surface area contributed by atoms with Crippen molar-refractivity contribution in [1.29, 1.82) is 0 Å². The van der Waals surface area contributed by atoms with E-state index in [2.05, 4.69) is 15.0 Å². The third-order valence-corrected chi connectivity index (χ3v) is 3.92. The maximum absolute atomic E-state index is 10.9. The summed E-state index contributed by atoms with van der Waals surface area (Å²) in [6, 6.07) is 7.32. The first kappa shape index (κ1) is 14.2. The number of halogens is 1. The smallest absolute Gasteiger partial charge is 0.241 e. The van der Waals surface area contributed by atoms with E-state index >= 15 is 0 Å². The molecule has 0 amide bonds. The fourth-order valence-corrected chi connectivity index (χ4v) is 2.70. The molecule has 110 valence electrons. The van der Waals surface area contributed by atoms with Crippen LogP contribution in [-0.2, 0) is 11.3 Å². The highest BCUT2D eigenvalue weighted by Crippen LogP contribution is 2.20. The quantitative estimate of drug-likeness (QED) is 0.813. The van der Waals surface area contributed by atoms with E-state index in [1.54, 1.807) is 12.1 Å². The van der Waals surface area contributed by atoms with E-state index in [1.165, 1.54) is 0 Å². The largest absolute Gasteiger partial charge is 0.338 e. The topological polar surface area (TPSA) is 59.2 Å². The molecule has 0 spiro atoms. The Morgan fingerprint density at radius 2 is 2.19 bits per heavy atom. The highest BCUT2D eigenvalue weighted by atomic mass is 35.5. The number of aldehydes is 1. The number of likely N-dealkylation sites (tertiary alicyclic amines) is 1. The number of rotatable bonds is 4. The van der Waals surface area contributed by atoms with E-state index in [9.17, 15) is 4.79 Å². The van der Waals surface area contributed by atoms with Gasteiger partial charge in [-0.05, 0) is 43.7 Å². The molecule has 0 bridgehead atoms.